The fourth-order valence-electron chi connectivity index (χ4n) is 6.57. The lowest BCUT2D eigenvalue weighted by atomic mass is 9.73. The van der Waals surface area contributed by atoms with E-state index >= 15 is 4.39 Å². The molecule has 3 aromatic rings. The number of rotatable bonds is 9. The first-order chi connectivity index (χ1) is 20.6. The van der Waals surface area contributed by atoms with Crippen molar-refractivity contribution in [3.8, 4) is 0 Å². The zero-order valence-corrected chi connectivity index (χ0v) is 25.6. The maximum Gasteiger partial charge on any atom is 0.242 e. The van der Waals surface area contributed by atoms with E-state index in [-0.39, 0.29) is 28.2 Å². The van der Waals surface area contributed by atoms with Crippen LogP contribution in [0, 0.1) is 11.7 Å². The minimum atomic E-state index is -0.879. The van der Waals surface area contributed by atoms with E-state index in [1.807, 2.05) is 19.9 Å². The van der Waals surface area contributed by atoms with Crippen LogP contribution in [0.25, 0.3) is 0 Å². The van der Waals surface area contributed by atoms with Gasteiger partial charge in [-0.05, 0) is 66.9 Å². The molecule has 1 saturated heterocycles. The van der Waals surface area contributed by atoms with Crippen molar-refractivity contribution in [3.05, 3.63) is 93.7 Å². The maximum atomic E-state index is 15.9. The largest absolute Gasteiger partial charge is 0.325 e. The summed E-state index contributed by atoms with van der Waals surface area (Å²) in [6, 6.07) is 17.2. The topological polar surface area (TPSA) is 109 Å². The summed E-state index contributed by atoms with van der Waals surface area (Å²) in [6.45, 7) is 3.68. The Morgan fingerprint density at radius 3 is 2.40 bits per heavy atom. The molecule has 0 radical (unpaired) electrons. The van der Waals surface area contributed by atoms with Crippen LogP contribution in [0.4, 0.5) is 15.8 Å². The highest BCUT2D eigenvalue weighted by molar-refractivity contribution is 6.31. The summed E-state index contributed by atoms with van der Waals surface area (Å²) in [5.41, 5.74) is 3.59. The van der Waals surface area contributed by atoms with Gasteiger partial charge < -0.3 is 5.32 Å². The van der Waals surface area contributed by atoms with Crippen molar-refractivity contribution in [2.75, 3.05) is 10.4 Å². The standard InChI is InChI=1S/C32H36Cl2FN5O3/c1-19(2)29(41)20-12-14-22(15-13-20)37-31(42)28-26(24-10-7-11-25(34)27(24)35)30(32(38-28)16-4-3-5-17-32)40(43-39-36)23-9-6-8-21(33)18-23/h6-15,18-19,26,28,30,38-39H,3-5,16-17,36H2,1-2H3,(H,37,42)/t26?,28-,30?/m1/s1. The number of Topliss-reactive ketones (excluding diaryl/α,β-unsaturated/α-hetero) is 1. The van der Waals surface area contributed by atoms with E-state index < -0.39 is 29.4 Å². The Labute approximate surface area is 260 Å². The number of ketones is 1. The van der Waals surface area contributed by atoms with E-state index in [9.17, 15) is 9.59 Å². The van der Waals surface area contributed by atoms with Crippen LogP contribution in [-0.2, 0) is 9.73 Å². The molecule has 5 N–H and O–H groups in total. The summed E-state index contributed by atoms with van der Waals surface area (Å²) in [6.07, 6.45) is 4.30. The van der Waals surface area contributed by atoms with Crippen molar-refractivity contribution in [2.24, 2.45) is 11.8 Å². The molecule has 228 valence electrons. The minimum absolute atomic E-state index is 0.0172. The molecule has 2 aliphatic rings. The molecular weight excluding hydrogens is 592 g/mol. The number of anilines is 2. The quantitative estimate of drug-likeness (QED) is 0.121. The van der Waals surface area contributed by atoms with Crippen LogP contribution in [0.1, 0.15) is 67.8 Å². The molecule has 3 aromatic carbocycles. The molecule has 1 aliphatic carbocycles. The Morgan fingerprint density at radius 2 is 1.74 bits per heavy atom. The van der Waals surface area contributed by atoms with E-state index in [1.54, 1.807) is 59.7 Å². The van der Waals surface area contributed by atoms with Gasteiger partial charge in [0.25, 0.3) is 0 Å². The third-order valence-electron chi connectivity index (χ3n) is 8.50. The number of hydroxylamine groups is 1. The molecule has 2 fully saturated rings. The van der Waals surface area contributed by atoms with Gasteiger partial charge in [0.1, 0.15) is 5.82 Å². The molecule has 11 heteroatoms. The van der Waals surface area contributed by atoms with Crippen LogP contribution in [0.3, 0.4) is 0 Å². The minimum Gasteiger partial charge on any atom is -0.325 e. The SMILES string of the molecule is CC(C)C(=O)c1ccc(NC(=O)[C@@H]2NC3(CCCCC3)C(N(ONN)c3cccc(Cl)c3)C2c2cccc(Cl)c2F)cc1. The van der Waals surface area contributed by atoms with E-state index in [0.29, 0.717) is 22.0 Å². The average Bonchev–Trinajstić information content (AvgIpc) is 3.31. The Kier molecular flexibility index (Phi) is 9.70. The van der Waals surface area contributed by atoms with Gasteiger partial charge in [-0.15, -0.1) is 5.59 Å². The normalized spacial score (nSPS) is 21.2. The molecule has 1 spiro atoms. The first-order valence-electron chi connectivity index (χ1n) is 14.5. The van der Waals surface area contributed by atoms with E-state index in [2.05, 4.69) is 16.2 Å². The summed E-state index contributed by atoms with van der Waals surface area (Å²) >= 11 is 12.7. The number of carbonyl (C=O) groups excluding carboxylic acids is 2. The molecular formula is C32H36Cl2FN5O3. The third-order valence-corrected chi connectivity index (χ3v) is 9.03. The van der Waals surface area contributed by atoms with Crippen LogP contribution in [0.15, 0.2) is 66.7 Å². The van der Waals surface area contributed by atoms with Crippen LogP contribution in [0.2, 0.25) is 10.0 Å². The Morgan fingerprint density at radius 1 is 1.05 bits per heavy atom. The number of benzene rings is 3. The molecule has 1 amide bonds. The van der Waals surface area contributed by atoms with Crippen molar-refractivity contribution in [3.63, 3.8) is 0 Å². The number of amides is 1. The maximum absolute atomic E-state index is 15.9. The predicted molar refractivity (Wildman–Crippen MR) is 167 cm³/mol. The number of hydrazine groups is 1. The fraction of sp³-hybridized carbons (Fsp3) is 0.375. The number of nitrogens with one attached hydrogen (secondary N) is 3. The predicted octanol–water partition coefficient (Wildman–Crippen LogP) is 6.55. The summed E-state index contributed by atoms with van der Waals surface area (Å²) in [7, 11) is 0. The lowest BCUT2D eigenvalue weighted by Gasteiger charge is -2.45. The molecule has 43 heavy (non-hydrogen) atoms. The highest BCUT2D eigenvalue weighted by Gasteiger charge is 2.59. The number of hydrogen-bond acceptors (Lipinski definition) is 7. The first-order valence-corrected chi connectivity index (χ1v) is 15.2. The number of halogens is 3. The lowest BCUT2D eigenvalue weighted by Crippen LogP contribution is -2.59. The van der Waals surface area contributed by atoms with Gasteiger partial charge in [0.15, 0.2) is 5.78 Å². The van der Waals surface area contributed by atoms with Crippen molar-refractivity contribution >= 4 is 46.3 Å². The summed E-state index contributed by atoms with van der Waals surface area (Å²) in [4.78, 5) is 32.4. The second-order valence-corrected chi connectivity index (χ2v) is 12.4. The van der Waals surface area contributed by atoms with E-state index in [0.717, 1.165) is 32.1 Å². The number of nitrogens with zero attached hydrogens (tertiary/aromatic N) is 1. The van der Waals surface area contributed by atoms with Gasteiger partial charge in [0, 0.05) is 33.6 Å². The van der Waals surface area contributed by atoms with Gasteiger partial charge in [0.05, 0.1) is 22.8 Å². The molecule has 2 unspecified atom stereocenters. The van der Waals surface area contributed by atoms with Crippen LogP contribution < -0.4 is 27.1 Å². The number of carbonyl (C=O) groups is 2. The van der Waals surface area contributed by atoms with Gasteiger partial charge in [0.2, 0.25) is 5.91 Å². The summed E-state index contributed by atoms with van der Waals surface area (Å²) in [5, 5.41) is 8.65. The zero-order chi connectivity index (χ0) is 30.7. The first kappa shape index (κ1) is 31.4. The molecule has 1 saturated carbocycles. The van der Waals surface area contributed by atoms with Crippen molar-refractivity contribution in [1.82, 2.24) is 10.9 Å². The summed E-state index contributed by atoms with van der Waals surface area (Å²) < 4.78 is 15.9. The third kappa shape index (κ3) is 6.43. The smallest absolute Gasteiger partial charge is 0.242 e. The number of nitrogens with two attached hydrogens (primary N) is 1. The molecule has 5 rings (SSSR count). The Balaban J connectivity index is 1.60. The highest BCUT2D eigenvalue weighted by Crippen LogP contribution is 2.49. The summed E-state index contributed by atoms with van der Waals surface area (Å²) in [5.74, 6) is 3.87. The molecule has 0 aromatic heterocycles. The van der Waals surface area contributed by atoms with Crippen LogP contribution in [-0.4, -0.2) is 29.3 Å². The van der Waals surface area contributed by atoms with Gasteiger partial charge in [-0.25, -0.2) is 15.3 Å². The van der Waals surface area contributed by atoms with Crippen molar-refractivity contribution in [1.29, 1.82) is 0 Å². The Hall–Kier alpha value is -3.05. The van der Waals surface area contributed by atoms with E-state index in [4.69, 9.17) is 34.0 Å². The van der Waals surface area contributed by atoms with Gasteiger partial charge in [-0.1, -0.05) is 74.5 Å². The van der Waals surface area contributed by atoms with Crippen LogP contribution in [0.5, 0.6) is 0 Å². The fourth-order valence-corrected chi connectivity index (χ4v) is 6.94. The van der Waals surface area contributed by atoms with Gasteiger partial charge in [-0.2, -0.15) is 4.94 Å². The lowest BCUT2D eigenvalue weighted by molar-refractivity contribution is -0.118. The number of hydrogen-bond donors (Lipinski definition) is 4. The zero-order valence-electron chi connectivity index (χ0n) is 24.1. The molecule has 0 bridgehead atoms. The van der Waals surface area contributed by atoms with Gasteiger partial charge >= 0.3 is 0 Å². The average molecular weight is 629 g/mol. The second-order valence-electron chi connectivity index (χ2n) is 11.6. The molecule has 1 aliphatic heterocycles. The van der Waals surface area contributed by atoms with Gasteiger partial charge in [-0.3, -0.25) is 14.9 Å². The molecule has 1 heterocycles. The van der Waals surface area contributed by atoms with Crippen molar-refractivity contribution < 1.29 is 18.9 Å². The van der Waals surface area contributed by atoms with E-state index in [1.165, 1.54) is 6.07 Å². The highest BCUT2D eigenvalue weighted by atomic mass is 35.5. The Bertz CT molecular complexity index is 1470. The monoisotopic (exact) mass is 627 g/mol. The molecule has 8 nitrogen and oxygen atoms in total. The molecule has 3 atom stereocenters. The second kappa shape index (κ2) is 13.3. The van der Waals surface area contributed by atoms with Crippen molar-refractivity contribution in [2.45, 2.75) is 69.5 Å². The van der Waals surface area contributed by atoms with Crippen LogP contribution >= 0.6 is 23.2 Å².